The Morgan fingerprint density at radius 1 is 0.968 bits per heavy atom. The van der Waals surface area contributed by atoms with Gasteiger partial charge in [0.05, 0.1) is 18.8 Å². The van der Waals surface area contributed by atoms with Gasteiger partial charge in [-0.15, -0.1) is 0 Å². The smallest absolute Gasteiger partial charge is 0.328 e. The second-order valence-corrected chi connectivity index (χ2v) is 7.75. The molecular formula is C17H31N5O8S. The SMILES string of the molecule is CSCCC(NC(=O)C(N)CCC(N)=O)C(=O)NC(C(=O)NC(CO)C(=O)O)C(C)O. The van der Waals surface area contributed by atoms with E-state index in [0.29, 0.717) is 5.75 Å². The number of rotatable bonds is 15. The average molecular weight is 466 g/mol. The highest BCUT2D eigenvalue weighted by Gasteiger charge is 2.32. The minimum Gasteiger partial charge on any atom is -0.480 e. The minimum atomic E-state index is -1.62. The Morgan fingerprint density at radius 3 is 2.00 bits per heavy atom. The lowest BCUT2D eigenvalue weighted by Crippen LogP contribution is -2.60. The lowest BCUT2D eigenvalue weighted by molar-refractivity contribution is -0.144. The summed E-state index contributed by atoms with van der Waals surface area (Å²) < 4.78 is 0. The number of aliphatic hydroxyl groups is 2. The summed E-state index contributed by atoms with van der Waals surface area (Å²) in [6, 6.07) is -5.37. The van der Waals surface area contributed by atoms with Gasteiger partial charge >= 0.3 is 5.97 Å². The topological polar surface area (TPSA) is 234 Å². The van der Waals surface area contributed by atoms with E-state index in [-0.39, 0.29) is 19.3 Å². The number of carbonyl (C=O) groups is 5. The van der Waals surface area contributed by atoms with Crippen LogP contribution in [0, 0.1) is 0 Å². The molecule has 0 aliphatic rings. The molecule has 0 aliphatic carbocycles. The maximum atomic E-state index is 12.7. The number of aliphatic hydroxyl groups excluding tert-OH is 2. The minimum absolute atomic E-state index is 0.0194. The molecule has 0 aliphatic heterocycles. The number of nitrogens with two attached hydrogens (primary N) is 2. The van der Waals surface area contributed by atoms with Crippen molar-refractivity contribution in [1.29, 1.82) is 0 Å². The van der Waals surface area contributed by atoms with Crippen LogP contribution in [0.1, 0.15) is 26.2 Å². The molecule has 0 spiro atoms. The van der Waals surface area contributed by atoms with Crippen molar-refractivity contribution < 1.29 is 39.3 Å². The van der Waals surface area contributed by atoms with E-state index in [1.807, 2.05) is 5.32 Å². The largest absolute Gasteiger partial charge is 0.480 e. The fourth-order valence-corrected chi connectivity index (χ4v) is 2.79. The van der Waals surface area contributed by atoms with Crippen LogP contribution in [0.5, 0.6) is 0 Å². The van der Waals surface area contributed by atoms with Gasteiger partial charge in [0.2, 0.25) is 23.6 Å². The maximum Gasteiger partial charge on any atom is 0.328 e. The summed E-state index contributed by atoms with van der Waals surface area (Å²) in [6.45, 7) is 0.311. The fourth-order valence-electron chi connectivity index (χ4n) is 2.32. The third-order valence-corrected chi connectivity index (χ3v) is 4.79. The van der Waals surface area contributed by atoms with Crippen molar-refractivity contribution in [1.82, 2.24) is 16.0 Å². The number of carboxylic acids is 1. The molecule has 0 saturated heterocycles. The first-order chi connectivity index (χ1) is 14.4. The molecular weight excluding hydrogens is 434 g/mol. The predicted octanol–water partition coefficient (Wildman–Crippen LogP) is -3.76. The van der Waals surface area contributed by atoms with Crippen LogP contribution in [0.15, 0.2) is 0 Å². The summed E-state index contributed by atoms with van der Waals surface area (Å²) in [4.78, 5) is 59.0. The van der Waals surface area contributed by atoms with Crippen molar-refractivity contribution >= 4 is 41.4 Å². The van der Waals surface area contributed by atoms with E-state index in [9.17, 15) is 29.1 Å². The van der Waals surface area contributed by atoms with Gasteiger partial charge in [-0.25, -0.2) is 4.79 Å². The van der Waals surface area contributed by atoms with Crippen molar-refractivity contribution in [3.63, 3.8) is 0 Å². The summed E-state index contributed by atoms with van der Waals surface area (Å²) in [7, 11) is 0. The summed E-state index contributed by atoms with van der Waals surface area (Å²) >= 11 is 1.40. The molecule has 0 fully saturated rings. The number of hydrogen-bond donors (Lipinski definition) is 8. The van der Waals surface area contributed by atoms with Gasteiger partial charge in [0.15, 0.2) is 0 Å². The molecule has 0 saturated carbocycles. The molecule has 0 bridgehead atoms. The molecule has 0 aromatic carbocycles. The van der Waals surface area contributed by atoms with E-state index in [4.69, 9.17) is 21.7 Å². The molecule has 178 valence electrons. The van der Waals surface area contributed by atoms with Crippen molar-refractivity contribution in [2.45, 2.75) is 56.5 Å². The van der Waals surface area contributed by atoms with Crippen LogP contribution in [0.25, 0.3) is 0 Å². The highest BCUT2D eigenvalue weighted by atomic mass is 32.2. The van der Waals surface area contributed by atoms with Gasteiger partial charge in [-0.3, -0.25) is 19.2 Å². The lowest BCUT2D eigenvalue weighted by atomic mass is 10.1. The molecule has 5 atom stereocenters. The first-order valence-corrected chi connectivity index (χ1v) is 10.8. The van der Waals surface area contributed by atoms with Crippen LogP contribution in [-0.2, 0) is 24.0 Å². The molecule has 0 rings (SSSR count). The Hall–Kier alpha value is -2.42. The lowest BCUT2D eigenvalue weighted by Gasteiger charge is -2.26. The molecule has 5 unspecified atom stereocenters. The number of carbonyl (C=O) groups excluding carboxylic acids is 4. The van der Waals surface area contributed by atoms with E-state index >= 15 is 0 Å². The molecule has 10 N–H and O–H groups in total. The number of aliphatic carboxylic acids is 1. The number of carboxylic acid groups (broad SMARTS) is 1. The normalized spacial score (nSPS) is 15.6. The van der Waals surface area contributed by atoms with Crippen molar-refractivity contribution in [2.24, 2.45) is 11.5 Å². The van der Waals surface area contributed by atoms with E-state index in [2.05, 4.69) is 10.6 Å². The van der Waals surface area contributed by atoms with Crippen LogP contribution in [0.4, 0.5) is 0 Å². The van der Waals surface area contributed by atoms with Gasteiger partial charge in [-0.2, -0.15) is 11.8 Å². The molecule has 0 aromatic heterocycles. The maximum absolute atomic E-state index is 12.7. The van der Waals surface area contributed by atoms with Crippen LogP contribution in [0.2, 0.25) is 0 Å². The van der Waals surface area contributed by atoms with E-state index in [1.54, 1.807) is 6.26 Å². The van der Waals surface area contributed by atoms with Gasteiger partial charge in [0.25, 0.3) is 0 Å². The van der Waals surface area contributed by atoms with Gasteiger partial charge in [-0.1, -0.05) is 0 Å². The van der Waals surface area contributed by atoms with E-state index in [0.717, 1.165) is 0 Å². The Labute approximate surface area is 183 Å². The van der Waals surface area contributed by atoms with Crippen LogP contribution in [0.3, 0.4) is 0 Å². The first kappa shape index (κ1) is 28.6. The summed E-state index contributed by atoms with van der Waals surface area (Å²) in [6.07, 6.45) is 0.406. The van der Waals surface area contributed by atoms with Crippen molar-refractivity contribution in [3.05, 3.63) is 0 Å². The standard InChI is InChI=1S/C17H31N5O8S/c1-8(24)13(16(28)21-11(7-23)17(29)30)22-15(27)10(5-6-31-2)20-14(26)9(18)3-4-12(19)25/h8-11,13,23-24H,3-7,18H2,1-2H3,(H2,19,25)(H,20,26)(H,21,28)(H,22,27)(H,29,30). The average Bonchev–Trinajstić information content (AvgIpc) is 2.69. The Balaban J connectivity index is 5.26. The highest BCUT2D eigenvalue weighted by molar-refractivity contribution is 7.98. The number of thioether (sulfide) groups is 1. The van der Waals surface area contributed by atoms with E-state index in [1.165, 1.54) is 18.7 Å². The summed E-state index contributed by atoms with van der Waals surface area (Å²) in [5.41, 5.74) is 10.7. The predicted molar refractivity (Wildman–Crippen MR) is 112 cm³/mol. The zero-order chi connectivity index (χ0) is 24.1. The fraction of sp³-hybridized carbons (Fsp3) is 0.706. The second kappa shape index (κ2) is 14.6. The van der Waals surface area contributed by atoms with Crippen molar-refractivity contribution in [3.8, 4) is 0 Å². The van der Waals surface area contributed by atoms with Crippen LogP contribution in [-0.4, -0.2) is 93.8 Å². The molecule has 14 heteroatoms. The quantitative estimate of drug-likeness (QED) is 0.118. The molecule has 0 aromatic rings. The number of amides is 4. The van der Waals surface area contributed by atoms with Gasteiger partial charge in [0, 0.05) is 6.42 Å². The number of nitrogens with one attached hydrogen (secondary N) is 3. The third kappa shape index (κ3) is 11.0. The Bertz CT molecular complexity index is 648. The van der Waals surface area contributed by atoms with Gasteiger partial charge in [-0.05, 0) is 31.8 Å². The van der Waals surface area contributed by atoms with Gasteiger partial charge in [0.1, 0.15) is 18.1 Å². The summed E-state index contributed by atoms with van der Waals surface area (Å²) in [5, 5.41) is 34.5. The monoisotopic (exact) mass is 465 g/mol. The van der Waals surface area contributed by atoms with Crippen LogP contribution < -0.4 is 27.4 Å². The Kier molecular flexibility index (Phi) is 13.4. The molecule has 31 heavy (non-hydrogen) atoms. The number of hydrogen-bond acceptors (Lipinski definition) is 9. The summed E-state index contributed by atoms with van der Waals surface area (Å²) in [5.74, 6) is -4.20. The third-order valence-electron chi connectivity index (χ3n) is 4.14. The molecule has 13 nitrogen and oxygen atoms in total. The number of primary amides is 1. The second-order valence-electron chi connectivity index (χ2n) is 6.76. The molecule has 0 radical (unpaired) electrons. The molecule has 4 amide bonds. The zero-order valence-electron chi connectivity index (χ0n) is 17.4. The highest BCUT2D eigenvalue weighted by Crippen LogP contribution is 2.05. The first-order valence-electron chi connectivity index (χ1n) is 9.40. The van der Waals surface area contributed by atoms with Gasteiger partial charge < -0.3 is 42.7 Å². The Morgan fingerprint density at radius 2 is 1.55 bits per heavy atom. The van der Waals surface area contributed by atoms with Crippen LogP contribution >= 0.6 is 11.8 Å². The molecule has 0 heterocycles. The van der Waals surface area contributed by atoms with E-state index < -0.39 is 66.5 Å². The zero-order valence-corrected chi connectivity index (χ0v) is 18.2. The van der Waals surface area contributed by atoms with Crippen molar-refractivity contribution in [2.75, 3.05) is 18.6 Å².